The Kier molecular flexibility index (Phi) is 7.13. The van der Waals surface area contributed by atoms with Gasteiger partial charge >= 0.3 is 0 Å². The average Bonchev–Trinajstić information content (AvgIpc) is 2.10. The van der Waals surface area contributed by atoms with Crippen molar-refractivity contribution in [3.8, 4) is 0 Å². The van der Waals surface area contributed by atoms with Crippen LogP contribution in [0.4, 0.5) is 0 Å². The first kappa shape index (κ1) is 14.9. The molecule has 0 aromatic carbocycles. The van der Waals surface area contributed by atoms with Crippen LogP contribution < -0.4 is 0 Å². The van der Waals surface area contributed by atoms with E-state index >= 15 is 0 Å². The first-order valence-electron chi connectivity index (χ1n) is 5.40. The van der Waals surface area contributed by atoms with Crippen LogP contribution in [0.3, 0.4) is 0 Å². The lowest BCUT2D eigenvalue weighted by Crippen LogP contribution is -2.18. The van der Waals surface area contributed by atoms with Gasteiger partial charge in [-0.05, 0) is 19.3 Å². The van der Waals surface area contributed by atoms with Gasteiger partial charge in [0, 0.05) is 0 Å². The molecule has 92 valence electrons. The van der Waals surface area contributed by atoms with Crippen LogP contribution in [-0.4, -0.2) is 25.0 Å². The summed E-state index contributed by atoms with van der Waals surface area (Å²) in [4.78, 5) is 0. The molecule has 0 aliphatic heterocycles. The third kappa shape index (κ3) is 10.2. The summed E-state index contributed by atoms with van der Waals surface area (Å²) in [5.41, 5.74) is 0. The van der Waals surface area contributed by atoms with Crippen LogP contribution in [0.25, 0.3) is 0 Å². The predicted octanol–water partition coefficient (Wildman–Crippen LogP) is 2.11. The van der Waals surface area contributed by atoms with Crippen LogP contribution in [0.15, 0.2) is 0 Å². The Balaban J connectivity index is 3.68. The highest BCUT2D eigenvalue weighted by molar-refractivity contribution is 7.85. The molecule has 0 aliphatic rings. The van der Waals surface area contributed by atoms with Crippen molar-refractivity contribution in [3.05, 3.63) is 0 Å². The molecule has 0 saturated carbocycles. The normalized spacial score (nSPS) is 16.3. The Hall–Kier alpha value is -0.130. The lowest BCUT2D eigenvalue weighted by Gasteiger charge is -2.18. The zero-order valence-corrected chi connectivity index (χ0v) is 10.5. The molecule has 0 spiro atoms. The molecule has 0 N–H and O–H groups in total. The number of hydrogen-bond donors (Lipinski definition) is 0. The van der Waals surface area contributed by atoms with Gasteiger partial charge in [0.1, 0.15) is 16.1 Å². The molecule has 4 nitrogen and oxygen atoms in total. The zero-order valence-electron chi connectivity index (χ0n) is 9.73. The third-order valence-electron chi connectivity index (χ3n) is 2.28. The number of ether oxygens (including phenoxy) is 1. The molecule has 2 atom stereocenters. The third-order valence-corrected chi connectivity index (χ3v) is 2.71. The molecule has 0 saturated heterocycles. The smallest absolute Gasteiger partial charge is 0.137 e. The van der Waals surface area contributed by atoms with Gasteiger partial charge in [0.15, 0.2) is 0 Å². The second kappa shape index (κ2) is 7.19. The highest BCUT2D eigenvalue weighted by atomic mass is 32.2. The van der Waals surface area contributed by atoms with Gasteiger partial charge in [-0.1, -0.05) is 33.1 Å². The summed E-state index contributed by atoms with van der Waals surface area (Å²) >= 11 is 0. The van der Waals surface area contributed by atoms with Crippen LogP contribution in [-0.2, 0) is 14.9 Å². The summed E-state index contributed by atoms with van der Waals surface area (Å²) in [7, 11) is -4.24. The van der Waals surface area contributed by atoms with E-state index in [1.54, 1.807) is 6.92 Å². The Morgan fingerprint density at radius 2 is 1.93 bits per heavy atom. The minimum Gasteiger partial charge on any atom is -0.746 e. The highest BCUT2D eigenvalue weighted by Crippen LogP contribution is 2.15. The molecule has 0 aromatic heterocycles. The summed E-state index contributed by atoms with van der Waals surface area (Å²) < 4.78 is 35.9. The Labute approximate surface area is 92.8 Å². The van der Waals surface area contributed by atoms with E-state index in [-0.39, 0.29) is 6.10 Å². The maximum absolute atomic E-state index is 10.3. The van der Waals surface area contributed by atoms with Crippen molar-refractivity contribution in [2.24, 2.45) is 5.92 Å². The monoisotopic (exact) mass is 237 g/mol. The summed E-state index contributed by atoms with van der Waals surface area (Å²) in [6.45, 7) is 6.05. The topological polar surface area (TPSA) is 66.4 Å². The largest absolute Gasteiger partial charge is 0.746 e. The molecular formula is C10H21O4S-. The van der Waals surface area contributed by atoms with Crippen molar-refractivity contribution in [1.82, 2.24) is 0 Å². The van der Waals surface area contributed by atoms with Gasteiger partial charge in [-0.15, -0.1) is 0 Å². The fourth-order valence-electron chi connectivity index (χ4n) is 1.50. The van der Waals surface area contributed by atoms with E-state index in [2.05, 4.69) is 13.8 Å². The van der Waals surface area contributed by atoms with E-state index in [0.29, 0.717) is 5.92 Å². The second-order valence-corrected chi connectivity index (χ2v) is 5.49. The van der Waals surface area contributed by atoms with Crippen molar-refractivity contribution in [1.29, 1.82) is 0 Å². The lowest BCUT2D eigenvalue weighted by atomic mass is 9.98. The van der Waals surface area contributed by atoms with Gasteiger partial charge in [-0.3, -0.25) is 0 Å². The number of hydrogen-bond acceptors (Lipinski definition) is 4. The maximum atomic E-state index is 10.3. The van der Waals surface area contributed by atoms with Gasteiger partial charge in [-0.25, -0.2) is 8.42 Å². The zero-order chi connectivity index (χ0) is 11.9. The van der Waals surface area contributed by atoms with E-state index in [9.17, 15) is 13.0 Å². The first-order chi connectivity index (χ1) is 6.85. The highest BCUT2D eigenvalue weighted by Gasteiger charge is 2.09. The molecule has 0 radical (unpaired) electrons. The number of unbranched alkanes of at least 4 members (excludes halogenated alkanes) is 1. The Bertz CT molecular complexity index is 248. The summed E-state index contributed by atoms with van der Waals surface area (Å²) in [6, 6.07) is 0. The molecule has 0 bridgehead atoms. The molecule has 0 fully saturated rings. The van der Waals surface area contributed by atoms with Crippen LogP contribution in [0, 0.1) is 5.92 Å². The van der Waals surface area contributed by atoms with E-state index in [4.69, 9.17) is 4.74 Å². The van der Waals surface area contributed by atoms with Crippen molar-refractivity contribution >= 4 is 10.1 Å². The maximum Gasteiger partial charge on any atom is 0.137 e. The fourth-order valence-corrected chi connectivity index (χ4v) is 1.90. The van der Waals surface area contributed by atoms with Crippen molar-refractivity contribution in [2.75, 3.05) is 5.94 Å². The standard InChI is InChI=1S/C10H22O4S/c1-4-5-6-9(2)7-10(3)14-8-15(11,12)13/h9-10H,4-8H2,1-3H3,(H,11,12,13)/p-1. The summed E-state index contributed by atoms with van der Waals surface area (Å²) in [5, 5.41) is 0. The SMILES string of the molecule is CCCCC(C)CC(C)OCS(=O)(=O)[O-]. The second-order valence-electron chi connectivity index (χ2n) is 4.14. The molecule has 0 rings (SSSR count). The van der Waals surface area contributed by atoms with Crippen LogP contribution in [0.2, 0.25) is 0 Å². The van der Waals surface area contributed by atoms with Crippen LogP contribution in [0.1, 0.15) is 46.5 Å². The lowest BCUT2D eigenvalue weighted by molar-refractivity contribution is 0.0766. The Morgan fingerprint density at radius 1 is 1.33 bits per heavy atom. The van der Waals surface area contributed by atoms with Crippen LogP contribution in [0.5, 0.6) is 0 Å². The van der Waals surface area contributed by atoms with Gasteiger partial charge in [0.25, 0.3) is 0 Å². The van der Waals surface area contributed by atoms with Gasteiger partial charge < -0.3 is 9.29 Å². The van der Waals surface area contributed by atoms with Crippen molar-refractivity contribution < 1.29 is 17.7 Å². The Morgan fingerprint density at radius 3 is 2.40 bits per heavy atom. The van der Waals surface area contributed by atoms with Crippen molar-refractivity contribution in [2.45, 2.75) is 52.6 Å². The molecule has 0 heterocycles. The predicted molar refractivity (Wildman–Crippen MR) is 58.4 cm³/mol. The van der Waals surface area contributed by atoms with E-state index in [0.717, 1.165) is 19.3 Å². The minimum absolute atomic E-state index is 0.166. The average molecular weight is 237 g/mol. The van der Waals surface area contributed by atoms with Crippen molar-refractivity contribution in [3.63, 3.8) is 0 Å². The van der Waals surface area contributed by atoms with Gasteiger partial charge in [0.2, 0.25) is 0 Å². The molecule has 0 aromatic rings. The molecule has 5 heteroatoms. The molecular weight excluding hydrogens is 216 g/mol. The molecule has 15 heavy (non-hydrogen) atoms. The van der Waals surface area contributed by atoms with Crippen LogP contribution >= 0.6 is 0 Å². The summed E-state index contributed by atoms with van der Waals surface area (Å²) in [6.07, 6.45) is 4.09. The molecule has 0 amide bonds. The van der Waals surface area contributed by atoms with E-state index in [1.807, 2.05) is 0 Å². The quantitative estimate of drug-likeness (QED) is 0.606. The first-order valence-corrected chi connectivity index (χ1v) is 6.98. The van der Waals surface area contributed by atoms with E-state index < -0.39 is 16.1 Å². The molecule has 0 aliphatic carbocycles. The van der Waals surface area contributed by atoms with Gasteiger partial charge in [-0.2, -0.15) is 0 Å². The van der Waals surface area contributed by atoms with E-state index in [1.165, 1.54) is 6.42 Å². The summed E-state index contributed by atoms with van der Waals surface area (Å²) in [5.74, 6) is -0.205. The van der Waals surface area contributed by atoms with Gasteiger partial charge in [0.05, 0.1) is 6.10 Å². The molecule has 2 unspecified atom stereocenters. The minimum atomic E-state index is -4.24. The number of rotatable bonds is 8. The fraction of sp³-hybridized carbons (Fsp3) is 1.00.